The summed E-state index contributed by atoms with van der Waals surface area (Å²) in [5, 5.41) is -0.172. The average molecular weight is 349 g/mol. The van der Waals surface area contributed by atoms with E-state index in [0.29, 0.717) is 0 Å². The van der Waals surface area contributed by atoms with Gasteiger partial charge in [-0.2, -0.15) is 0 Å². The maximum Gasteiger partial charge on any atom is 0.266 e. The first-order chi connectivity index (χ1) is 9.85. The highest BCUT2D eigenvalue weighted by molar-refractivity contribution is 7.92. The van der Waals surface area contributed by atoms with Crippen molar-refractivity contribution in [3.8, 4) is 5.75 Å². The molecule has 0 spiro atoms. The van der Waals surface area contributed by atoms with Crippen molar-refractivity contribution < 1.29 is 13.2 Å². The zero-order valence-corrected chi connectivity index (χ0v) is 13.0. The molecule has 1 aromatic carbocycles. The highest BCUT2D eigenvalue weighted by Crippen LogP contribution is 2.31. The number of hydrogen-bond donors (Lipinski definition) is 2. The fourth-order valence-corrected chi connectivity index (χ4v) is 3.07. The van der Waals surface area contributed by atoms with E-state index >= 15 is 0 Å². The predicted octanol–water partition coefficient (Wildman–Crippen LogP) is 2.17. The van der Waals surface area contributed by atoms with Crippen LogP contribution in [-0.4, -0.2) is 25.5 Å². The van der Waals surface area contributed by atoms with Gasteiger partial charge in [0.25, 0.3) is 10.0 Å². The lowest BCUT2D eigenvalue weighted by Crippen LogP contribution is -2.16. The predicted molar refractivity (Wildman–Crippen MR) is 80.3 cm³/mol. The number of methoxy groups -OCH3 is 1. The molecule has 0 saturated carbocycles. The molecule has 10 heteroatoms. The standard InChI is InChI=1S/C11H10Cl2N4O3S/c1-20-7-3-2-6(14)4-8(7)21(18,19)17-11-9(12)10(13)15-5-16-11/h2-5H,14H2,1H3,(H,15,16,17). The molecule has 3 N–H and O–H groups in total. The number of ether oxygens (including phenoxy) is 1. The largest absolute Gasteiger partial charge is 0.495 e. The maximum absolute atomic E-state index is 12.4. The molecule has 0 aliphatic heterocycles. The summed E-state index contributed by atoms with van der Waals surface area (Å²) in [4.78, 5) is 7.23. The summed E-state index contributed by atoms with van der Waals surface area (Å²) in [7, 11) is -2.66. The van der Waals surface area contributed by atoms with E-state index in [9.17, 15) is 8.42 Å². The Labute approximate surface area is 131 Å². The minimum absolute atomic E-state index is 0.0658. The zero-order valence-electron chi connectivity index (χ0n) is 10.7. The Morgan fingerprint density at radius 1 is 1.29 bits per heavy atom. The number of nitrogens with zero attached hydrogens (tertiary/aromatic N) is 2. The van der Waals surface area contributed by atoms with Gasteiger partial charge in [-0.3, -0.25) is 4.72 Å². The van der Waals surface area contributed by atoms with E-state index in [1.54, 1.807) is 0 Å². The molecule has 0 fully saturated rings. The lowest BCUT2D eigenvalue weighted by atomic mass is 10.3. The van der Waals surface area contributed by atoms with E-state index in [0.717, 1.165) is 6.33 Å². The number of rotatable bonds is 4. The number of sulfonamides is 1. The summed E-state index contributed by atoms with van der Waals surface area (Å²) in [5.74, 6) is -0.00544. The van der Waals surface area contributed by atoms with Crippen molar-refractivity contribution in [1.82, 2.24) is 9.97 Å². The molecular weight excluding hydrogens is 339 g/mol. The maximum atomic E-state index is 12.4. The SMILES string of the molecule is COc1ccc(N)cc1S(=O)(=O)Nc1ncnc(Cl)c1Cl. The third-order valence-corrected chi connectivity index (χ3v) is 4.56. The molecule has 1 heterocycles. The summed E-state index contributed by atoms with van der Waals surface area (Å²) >= 11 is 11.6. The lowest BCUT2D eigenvalue weighted by Gasteiger charge is -2.12. The van der Waals surface area contributed by atoms with Crippen LogP contribution in [0.15, 0.2) is 29.4 Å². The summed E-state index contributed by atoms with van der Waals surface area (Å²) < 4.78 is 32.0. The molecule has 2 rings (SSSR count). The molecule has 0 saturated heterocycles. The minimum Gasteiger partial charge on any atom is -0.495 e. The number of aromatic nitrogens is 2. The van der Waals surface area contributed by atoms with Crippen LogP contribution >= 0.6 is 23.2 Å². The smallest absolute Gasteiger partial charge is 0.266 e. The lowest BCUT2D eigenvalue weighted by molar-refractivity contribution is 0.403. The van der Waals surface area contributed by atoms with Crippen LogP contribution in [0.25, 0.3) is 0 Å². The normalized spacial score (nSPS) is 11.2. The van der Waals surface area contributed by atoms with Crippen molar-refractivity contribution in [2.45, 2.75) is 4.90 Å². The first kappa shape index (κ1) is 15.6. The van der Waals surface area contributed by atoms with Gasteiger partial charge in [0.1, 0.15) is 22.0 Å². The number of benzene rings is 1. The van der Waals surface area contributed by atoms with Crippen molar-refractivity contribution in [3.05, 3.63) is 34.7 Å². The van der Waals surface area contributed by atoms with Crippen LogP contribution in [0.1, 0.15) is 0 Å². The molecule has 21 heavy (non-hydrogen) atoms. The van der Waals surface area contributed by atoms with Gasteiger partial charge < -0.3 is 10.5 Å². The van der Waals surface area contributed by atoms with Crippen LogP contribution in [0.2, 0.25) is 10.2 Å². The van der Waals surface area contributed by atoms with Gasteiger partial charge in [0.2, 0.25) is 0 Å². The first-order valence-electron chi connectivity index (χ1n) is 5.47. The number of nitrogen functional groups attached to an aromatic ring is 1. The van der Waals surface area contributed by atoms with Crippen molar-refractivity contribution in [2.75, 3.05) is 17.6 Å². The van der Waals surface area contributed by atoms with Gasteiger partial charge >= 0.3 is 0 Å². The van der Waals surface area contributed by atoms with E-state index < -0.39 is 10.0 Å². The second-order valence-electron chi connectivity index (χ2n) is 3.84. The number of nitrogens with two attached hydrogens (primary N) is 1. The fourth-order valence-electron chi connectivity index (χ4n) is 1.51. The molecular formula is C11H10Cl2N4O3S. The summed E-state index contributed by atoms with van der Waals surface area (Å²) in [6.07, 6.45) is 1.09. The third kappa shape index (κ3) is 3.29. The fraction of sp³-hybridized carbons (Fsp3) is 0.0909. The van der Waals surface area contributed by atoms with Crippen LogP contribution < -0.4 is 15.2 Å². The van der Waals surface area contributed by atoms with Gasteiger partial charge in [0.05, 0.1) is 7.11 Å². The van der Waals surface area contributed by atoms with Crippen LogP contribution in [-0.2, 0) is 10.0 Å². The highest BCUT2D eigenvalue weighted by atomic mass is 35.5. The van der Waals surface area contributed by atoms with E-state index in [4.69, 9.17) is 33.7 Å². The molecule has 0 amide bonds. The Hall–Kier alpha value is -1.77. The molecule has 2 aromatic rings. The number of nitrogens with one attached hydrogen (secondary N) is 1. The Kier molecular flexibility index (Phi) is 4.40. The molecule has 1 aromatic heterocycles. The molecule has 0 unspecified atom stereocenters. The molecule has 0 aliphatic carbocycles. The van der Waals surface area contributed by atoms with Gasteiger partial charge in [-0.15, -0.1) is 0 Å². The molecule has 0 radical (unpaired) electrons. The Morgan fingerprint density at radius 2 is 2.00 bits per heavy atom. The first-order valence-corrected chi connectivity index (χ1v) is 7.71. The molecule has 0 atom stereocenters. The monoisotopic (exact) mass is 348 g/mol. The third-order valence-electron chi connectivity index (χ3n) is 2.46. The van der Waals surface area contributed by atoms with E-state index in [-0.39, 0.29) is 32.3 Å². The van der Waals surface area contributed by atoms with Gasteiger partial charge in [-0.25, -0.2) is 18.4 Å². The molecule has 7 nitrogen and oxygen atoms in total. The zero-order chi connectivity index (χ0) is 15.6. The van der Waals surface area contributed by atoms with Crippen molar-refractivity contribution in [3.63, 3.8) is 0 Å². The van der Waals surface area contributed by atoms with E-state index in [2.05, 4.69) is 14.7 Å². The number of anilines is 2. The van der Waals surface area contributed by atoms with Crippen LogP contribution in [0, 0.1) is 0 Å². The van der Waals surface area contributed by atoms with Gasteiger partial charge in [0, 0.05) is 5.69 Å². The highest BCUT2D eigenvalue weighted by Gasteiger charge is 2.22. The molecule has 112 valence electrons. The Balaban J connectivity index is 2.48. The Bertz CT molecular complexity index is 783. The second kappa shape index (κ2) is 5.92. The average Bonchev–Trinajstić information content (AvgIpc) is 2.44. The number of hydrogen-bond acceptors (Lipinski definition) is 6. The summed E-state index contributed by atoms with van der Waals surface area (Å²) in [6, 6.07) is 4.22. The second-order valence-corrected chi connectivity index (χ2v) is 6.23. The van der Waals surface area contributed by atoms with Crippen LogP contribution in [0.3, 0.4) is 0 Å². The quantitative estimate of drug-likeness (QED) is 0.647. The van der Waals surface area contributed by atoms with Crippen molar-refractivity contribution in [2.24, 2.45) is 0 Å². The van der Waals surface area contributed by atoms with Crippen LogP contribution in [0.5, 0.6) is 5.75 Å². The topological polar surface area (TPSA) is 107 Å². The van der Waals surface area contributed by atoms with Gasteiger partial charge in [-0.1, -0.05) is 23.2 Å². The Morgan fingerprint density at radius 3 is 2.67 bits per heavy atom. The number of halogens is 2. The summed E-state index contributed by atoms with van der Waals surface area (Å²) in [5.41, 5.74) is 5.87. The van der Waals surface area contributed by atoms with Crippen molar-refractivity contribution in [1.29, 1.82) is 0 Å². The van der Waals surface area contributed by atoms with Crippen molar-refractivity contribution >= 4 is 44.7 Å². The van der Waals surface area contributed by atoms with E-state index in [1.807, 2.05) is 0 Å². The van der Waals surface area contributed by atoms with Crippen LogP contribution in [0.4, 0.5) is 11.5 Å². The summed E-state index contributed by atoms with van der Waals surface area (Å²) in [6.45, 7) is 0. The molecule has 0 aliphatic rings. The van der Waals surface area contributed by atoms with E-state index in [1.165, 1.54) is 25.3 Å². The minimum atomic E-state index is -4.01. The van der Waals surface area contributed by atoms with Gasteiger partial charge in [0.15, 0.2) is 11.0 Å². The van der Waals surface area contributed by atoms with Gasteiger partial charge in [-0.05, 0) is 18.2 Å². The molecule has 0 bridgehead atoms.